The van der Waals surface area contributed by atoms with Gasteiger partial charge in [-0.3, -0.25) is 0 Å². The SMILES string of the molecule is Cc1ccc2nc(CNC(=O)N[C@@H]3CNC[C@H]3O)[nH]c2c1. The normalized spacial score (nSPS) is 21.6. The number of hydrogen-bond acceptors (Lipinski definition) is 4. The lowest BCUT2D eigenvalue weighted by atomic mass is 10.2. The first-order valence-electron chi connectivity index (χ1n) is 7.00. The molecule has 1 aliphatic rings. The summed E-state index contributed by atoms with van der Waals surface area (Å²) >= 11 is 0. The van der Waals surface area contributed by atoms with E-state index in [1.165, 1.54) is 0 Å². The summed E-state index contributed by atoms with van der Waals surface area (Å²) in [5, 5.41) is 18.1. The second-order valence-corrected chi connectivity index (χ2v) is 5.36. The Bertz CT molecular complexity index is 654. The van der Waals surface area contributed by atoms with Gasteiger partial charge in [-0.1, -0.05) is 6.07 Å². The summed E-state index contributed by atoms with van der Waals surface area (Å²) in [6.45, 7) is 3.43. The summed E-state index contributed by atoms with van der Waals surface area (Å²) in [6.07, 6.45) is -0.537. The molecular weight excluding hydrogens is 270 g/mol. The van der Waals surface area contributed by atoms with Crippen LogP contribution in [0.25, 0.3) is 11.0 Å². The number of carbonyl (C=O) groups excluding carboxylic acids is 1. The number of aliphatic hydroxyl groups excluding tert-OH is 1. The molecule has 0 unspecified atom stereocenters. The van der Waals surface area contributed by atoms with E-state index < -0.39 is 6.10 Å². The average molecular weight is 289 g/mol. The number of aryl methyl sites for hydroxylation is 1. The molecule has 1 aromatic heterocycles. The minimum atomic E-state index is -0.537. The van der Waals surface area contributed by atoms with E-state index in [0.717, 1.165) is 16.6 Å². The van der Waals surface area contributed by atoms with E-state index in [1.807, 2.05) is 25.1 Å². The summed E-state index contributed by atoms with van der Waals surface area (Å²) in [4.78, 5) is 19.4. The van der Waals surface area contributed by atoms with Crippen molar-refractivity contribution in [2.45, 2.75) is 25.6 Å². The molecule has 0 aliphatic carbocycles. The minimum Gasteiger partial charge on any atom is -0.390 e. The van der Waals surface area contributed by atoms with Crippen molar-refractivity contribution in [2.75, 3.05) is 13.1 Å². The summed E-state index contributed by atoms with van der Waals surface area (Å²) in [6, 6.07) is 5.42. The van der Waals surface area contributed by atoms with Gasteiger partial charge in [-0.25, -0.2) is 9.78 Å². The third kappa shape index (κ3) is 3.14. The topological polar surface area (TPSA) is 102 Å². The Morgan fingerprint density at radius 3 is 3.10 bits per heavy atom. The molecule has 7 heteroatoms. The van der Waals surface area contributed by atoms with Gasteiger partial charge >= 0.3 is 6.03 Å². The molecule has 2 amide bonds. The van der Waals surface area contributed by atoms with Gasteiger partial charge in [0.1, 0.15) is 5.82 Å². The fourth-order valence-electron chi connectivity index (χ4n) is 2.46. The van der Waals surface area contributed by atoms with Crippen LogP contribution in [0.15, 0.2) is 18.2 Å². The average Bonchev–Trinajstić information content (AvgIpc) is 3.02. The number of aromatic nitrogens is 2. The zero-order valence-corrected chi connectivity index (χ0v) is 11.8. The number of aliphatic hydroxyl groups is 1. The second kappa shape index (κ2) is 5.71. The summed E-state index contributed by atoms with van der Waals surface area (Å²) < 4.78 is 0. The smallest absolute Gasteiger partial charge is 0.315 e. The highest BCUT2D eigenvalue weighted by atomic mass is 16.3. The first-order valence-corrected chi connectivity index (χ1v) is 7.00. The van der Waals surface area contributed by atoms with Crippen LogP contribution in [0.3, 0.4) is 0 Å². The lowest BCUT2D eigenvalue weighted by Gasteiger charge is -2.15. The van der Waals surface area contributed by atoms with Gasteiger partial charge in [-0.05, 0) is 24.6 Å². The van der Waals surface area contributed by atoms with Gasteiger partial charge in [0.15, 0.2) is 0 Å². The Labute approximate surface area is 122 Å². The zero-order valence-electron chi connectivity index (χ0n) is 11.8. The molecule has 1 aliphatic heterocycles. The number of nitrogens with zero attached hydrogens (tertiary/aromatic N) is 1. The number of hydrogen-bond donors (Lipinski definition) is 5. The van der Waals surface area contributed by atoms with E-state index in [-0.39, 0.29) is 12.1 Å². The number of H-pyrrole nitrogens is 1. The van der Waals surface area contributed by atoms with E-state index in [9.17, 15) is 9.90 Å². The standard InChI is InChI=1S/C14H19N5O2/c1-8-2-3-9-10(4-8)18-13(17-9)7-16-14(21)19-11-5-15-6-12(11)20/h2-4,11-12,15,20H,5-7H2,1H3,(H,17,18)(H2,16,19,21)/t11-,12-/m1/s1. The van der Waals surface area contributed by atoms with Crippen molar-refractivity contribution < 1.29 is 9.90 Å². The Balaban J connectivity index is 1.57. The van der Waals surface area contributed by atoms with Gasteiger partial charge < -0.3 is 26.0 Å². The van der Waals surface area contributed by atoms with Crippen molar-refractivity contribution in [3.05, 3.63) is 29.6 Å². The maximum absolute atomic E-state index is 11.8. The van der Waals surface area contributed by atoms with Crippen molar-refractivity contribution in [3.63, 3.8) is 0 Å². The quantitative estimate of drug-likeness (QED) is 0.549. The van der Waals surface area contributed by atoms with Crippen molar-refractivity contribution >= 4 is 17.1 Å². The number of rotatable bonds is 3. The van der Waals surface area contributed by atoms with Gasteiger partial charge in [-0.15, -0.1) is 0 Å². The summed E-state index contributed by atoms with van der Waals surface area (Å²) in [5.74, 6) is 0.704. The predicted octanol–water partition coefficient (Wildman–Crippen LogP) is 0.00322. The van der Waals surface area contributed by atoms with Crippen molar-refractivity contribution in [3.8, 4) is 0 Å². The van der Waals surface area contributed by atoms with Crippen LogP contribution in [-0.4, -0.2) is 46.3 Å². The molecular formula is C14H19N5O2. The van der Waals surface area contributed by atoms with Crippen LogP contribution in [0, 0.1) is 6.92 Å². The first kappa shape index (κ1) is 13.8. The van der Waals surface area contributed by atoms with Gasteiger partial charge in [0.25, 0.3) is 0 Å². The van der Waals surface area contributed by atoms with Crippen molar-refractivity contribution in [2.24, 2.45) is 0 Å². The Hall–Kier alpha value is -2.12. The van der Waals surface area contributed by atoms with Gasteiger partial charge in [0.05, 0.1) is 29.7 Å². The molecule has 1 aromatic carbocycles. The highest BCUT2D eigenvalue weighted by Crippen LogP contribution is 2.13. The number of aromatic amines is 1. The van der Waals surface area contributed by atoms with Crippen LogP contribution in [0.1, 0.15) is 11.4 Å². The van der Waals surface area contributed by atoms with Crippen molar-refractivity contribution in [1.82, 2.24) is 25.9 Å². The third-order valence-electron chi connectivity index (χ3n) is 3.60. The summed E-state index contributed by atoms with van der Waals surface area (Å²) in [5.41, 5.74) is 3.00. The van der Waals surface area contributed by atoms with Crippen LogP contribution in [0.4, 0.5) is 4.79 Å². The van der Waals surface area contributed by atoms with E-state index in [1.54, 1.807) is 0 Å². The third-order valence-corrected chi connectivity index (χ3v) is 3.60. The molecule has 112 valence electrons. The largest absolute Gasteiger partial charge is 0.390 e. The Morgan fingerprint density at radius 1 is 1.48 bits per heavy atom. The van der Waals surface area contributed by atoms with E-state index in [0.29, 0.717) is 25.5 Å². The van der Waals surface area contributed by atoms with E-state index in [4.69, 9.17) is 0 Å². The van der Waals surface area contributed by atoms with Crippen LogP contribution in [0.2, 0.25) is 0 Å². The van der Waals surface area contributed by atoms with Crippen LogP contribution in [0.5, 0.6) is 0 Å². The minimum absolute atomic E-state index is 0.247. The second-order valence-electron chi connectivity index (χ2n) is 5.36. The number of benzene rings is 1. The molecule has 1 saturated heterocycles. The lowest BCUT2D eigenvalue weighted by Crippen LogP contribution is -2.47. The Morgan fingerprint density at radius 2 is 2.33 bits per heavy atom. The van der Waals surface area contributed by atoms with Crippen LogP contribution < -0.4 is 16.0 Å². The lowest BCUT2D eigenvalue weighted by molar-refractivity contribution is 0.162. The molecule has 1 fully saturated rings. The van der Waals surface area contributed by atoms with Crippen LogP contribution in [-0.2, 0) is 6.54 Å². The molecule has 2 heterocycles. The highest BCUT2D eigenvalue weighted by Gasteiger charge is 2.26. The number of β-amino-alcohol motifs (C(OH)–C–C–N with tert-alkyl or cyclic N) is 1. The maximum atomic E-state index is 11.8. The maximum Gasteiger partial charge on any atom is 0.315 e. The molecule has 2 atom stereocenters. The number of carbonyl (C=O) groups is 1. The molecule has 0 bridgehead atoms. The number of fused-ring (bicyclic) bond motifs is 1. The fourth-order valence-corrected chi connectivity index (χ4v) is 2.46. The number of nitrogens with one attached hydrogen (secondary N) is 4. The summed E-state index contributed by atoms with van der Waals surface area (Å²) in [7, 11) is 0. The monoisotopic (exact) mass is 289 g/mol. The molecule has 0 saturated carbocycles. The van der Waals surface area contributed by atoms with Crippen molar-refractivity contribution in [1.29, 1.82) is 0 Å². The van der Waals surface area contributed by atoms with Gasteiger partial charge in [0, 0.05) is 13.1 Å². The predicted molar refractivity (Wildman–Crippen MR) is 78.9 cm³/mol. The van der Waals surface area contributed by atoms with Crippen LogP contribution >= 0.6 is 0 Å². The number of imidazole rings is 1. The zero-order chi connectivity index (χ0) is 14.8. The Kier molecular flexibility index (Phi) is 3.76. The molecule has 0 radical (unpaired) electrons. The van der Waals surface area contributed by atoms with Gasteiger partial charge in [-0.2, -0.15) is 0 Å². The molecule has 7 nitrogen and oxygen atoms in total. The van der Waals surface area contributed by atoms with Gasteiger partial charge in [0.2, 0.25) is 0 Å². The van der Waals surface area contributed by atoms with E-state index in [2.05, 4.69) is 25.9 Å². The molecule has 3 rings (SSSR count). The molecule has 5 N–H and O–H groups in total. The first-order chi connectivity index (χ1) is 10.1. The van der Waals surface area contributed by atoms with E-state index >= 15 is 0 Å². The number of amides is 2. The molecule has 0 spiro atoms. The molecule has 21 heavy (non-hydrogen) atoms. The number of urea groups is 1. The highest BCUT2D eigenvalue weighted by molar-refractivity contribution is 5.76. The molecule has 2 aromatic rings. The fraction of sp³-hybridized carbons (Fsp3) is 0.429.